The third-order valence-electron chi connectivity index (χ3n) is 5.27. The van der Waals surface area contributed by atoms with Gasteiger partial charge in [-0.25, -0.2) is 0 Å². The van der Waals surface area contributed by atoms with E-state index in [9.17, 15) is 9.59 Å². The van der Waals surface area contributed by atoms with Crippen molar-refractivity contribution in [2.24, 2.45) is 0 Å². The van der Waals surface area contributed by atoms with Crippen molar-refractivity contribution in [3.8, 4) is 5.75 Å². The topological polar surface area (TPSA) is 59.1 Å². The Labute approximate surface area is 177 Å². The van der Waals surface area contributed by atoms with E-state index >= 15 is 0 Å². The van der Waals surface area contributed by atoms with Gasteiger partial charge in [-0.1, -0.05) is 48.5 Å². The number of ether oxygens (including phenoxy) is 2. The molecule has 0 N–H and O–H groups in total. The molecule has 2 aromatic rings. The van der Waals surface area contributed by atoms with E-state index in [1.807, 2.05) is 65.6 Å². The lowest BCUT2D eigenvalue weighted by molar-refractivity contribution is -0.141. The van der Waals surface area contributed by atoms with E-state index in [0.29, 0.717) is 31.6 Å². The van der Waals surface area contributed by atoms with Crippen LogP contribution in [0.5, 0.6) is 5.75 Å². The third kappa shape index (κ3) is 5.48. The number of rotatable bonds is 7. The molecule has 1 aliphatic rings. The molecule has 3 rings (SSSR count). The van der Waals surface area contributed by atoms with Crippen molar-refractivity contribution < 1.29 is 19.1 Å². The van der Waals surface area contributed by atoms with Crippen LogP contribution in [0.2, 0.25) is 0 Å². The monoisotopic (exact) mass is 408 g/mol. The first-order chi connectivity index (χ1) is 14.6. The lowest BCUT2D eigenvalue weighted by Gasteiger charge is -2.35. The number of carbonyl (C=O) groups is 2. The first kappa shape index (κ1) is 21.6. The first-order valence-electron chi connectivity index (χ1n) is 10.1. The fourth-order valence-corrected chi connectivity index (χ4v) is 3.52. The molecule has 30 heavy (non-hydrogen) atoms. The highest BCUT2D eigenvalue weighted by molar-refractivity contribution is 6.24. The average molecular weight is 408 g/mol. The van der Waals surface area contributed by atoms with Gasteiger partial charge < -0.3 is 14.4 Å². The molecule has 0 aromatic heterocycles. The Bertz CT molecular complexity index is 887. The van der Waals surface area contributed by atoms with Crippen LogP contribution in [0.3, 0.4) is 0 Å². The largest absolute Gasteiger partial charge is 0.496 e. The Morgan fingerprint density at radius 3 is 2.27 bits per heavy atom. The van der Waals surface area contributed by atoms with Crippen LogP contribution in [-0.2, 0) is 14.3 Å². The van der Waals surface area contributed by atoms with E-state index in [1.165, 1.54) is 7.11 Å². The number of hydrogen-bond acceptors (Lipinski definition) is 5. The summed E-state index contributed by atoms with van der Waals surface area (Å²) in [6, 6.07) is 17.4. The van der Waals surface area contributed by atoms with Crippen molar-refractivity contribution in [3.05, 3.63) is 65.7 Å². The molecule has 1 aliphatic heterocycles. The second-order valence-corrected chi connectivity index (χ2v) is 7.13. The summed E-state index contributed by atoms with van der Waals surface area (Å²) in [5.41, 5.74) is 2.38. The molecule has 0 radical (unpaired) electrons. The van der Waals surface area contributed by atoms with E-state index in [1.54, 1.807) is 7.11 Å². The van der Waals surface area contributed by atoms with E-state index in [4.69, 9.17) is 9.47 Å². The molecule has 0 atom stereocenters. The molecule has 0 aliphatic carbocycles. The second kappa shape index (κ2) is 10.6. The zero-order chi connectivity index (χ0) is 21.3. The van der Waals surface area contributed by atoms with Crippen LogP contribution < -0.4 is 4.74 Å². The van der Waals surface area contributed by atoms with Gasteiger partial charge in [-0.3, -0.25) is 14.5 Å². The molecule has 1 fully saturated rings. The van der Waals surface area contributed by atoms with Crippen LogP contribution in [0.4, 0.5) is 0 Å². The molecule has 6 nitrogen and oxygen atoms in total. The lowest BCUT2D eigenvalue weighted by atomic mass is 10.0. The van der Waals surface area contributed by atoms with Crippen molar-refractivity contribution in [1.29, 1.82) is 0 Å². The summed E-state index contributed by atoms with van der Waals surface area (Å²) < 4.78 is 10.2. The Morgan fingerprint density at radius 2 is 1.60 bits per heavy atom. The molecule has 158 valence electrons. The molecule has 1 saturated heterocycles. The molecular weight excluding hydrogens is 380 g/mol. The maximum Gasteiger partial charge on any atom is 0.306 e. The highest BCUT2D eigenvalue weighted by Crippen LogP contribution is 2.26. The maximum atomic E-state index is 13.4. The predicted octanol–water partition coefficient (Wildman–Crippen LogP) is 2.94. The van der Waals surface area contributed by atoms with E-state index in [-0.39, 0.29) is 11.9 Å². The summed E-state index contributed by atoms with van der Waals surface area (Å²) in [6.45, 7) is 3.36. The smallest absolute Gasteiger partial charge is 0.306 e. The number of hydrogen-bond donors (Lipinski definition) is 0. The number of carbonyl (C=O) groups excluding carboxylic acids is 2. The summed E-state index contributed by atoms with van der Waals surface area (Å²) in [7, 11) is 3.03. The number of piperazine rings is 1. The fraction of sp³-hybridized carbons (Fsp3) is 0.333. The Balaban J connectivity index is 1.77. The molecule has 1 heterocycles. The van der Waals surface area contributed by atoms with Gasteiger partial charge in [0.05, 0.1) is 20.6 Å². The van der Waals surface area contributed by atoms with E-state index < -0.39 is 0 Å². The highest BCUT2D eigenvalue weighted by Gasteiger charge is 2.25. The molecule has 1 amide bonds. The van der Waals surface area contributed by atoms with Gasteiger partial charge in [-0.05, 0) is 17.7 Å². The number of amides is 1. The first-order valence-corrected chi connectivity index (χ1v) is 10.1. The summed E-state index contributed by atoms with van der Waals surface area (Å²) in [5.74, 6) is 0.519. The van der Waals surface area contributed by atoms with Crippen molar-refractivity contribution in [2.45, 2.75) is 6.42 Å². The third-order valence-corrected chi connectivity index (χ3v) is 5.27. The number of para-hydroxylation sites is 1. The predicted molar refractivity (Wildman–Crippen MR) is 117 cm³/mol. The molecule has 2 aromatic carbocycles. The zero-order valence-electron chi connectivity index (χ0n) is 17.5. The Kier molecular flexibility index (Phi) is 7.63. The van der Waals surface area contributed by atoms with Gasteiger partial charge in [0.1, 0.15) is 5.75 Å². The molecular formula is C24H28N2O4. The fourth-order valence-electron chi connectivity index (χ4n) is 3.52. The number of benzene rings is 2. The summed E-state index contributed by atoms with van der Waals surface area (Å²) in [6.07, 6.45) is 2.27. The number of esters is 1. The lowest BCUT2D eigenvalue weighted by Crippen LogP contribution is -2.49. The van der Waals surface area contributed by atoms with Crippen LogP contribution >= 0.6 is 0 Å². The van der Waals surface area contributed by atoms with Crippen LogP contribution in [0, 0.1) is 0 Å². The van der Waals surface area contributed by atoms with Crippen LogP contribution in [0.15, 0.2) is 54.6 Å². The number of methoxy groups -OCH3 is 2. The van der Waals surface area contributed by atoms with Gasteiger partial charge in [0.2, 0.25) is 0 Å². The summed E-state index contributed by atoms with van der Waals surface area (Å²) in [5, 5.41) is 0. The molecule has 0 bridgehead atoms. The standard InChI is InChI=1S/C24H28N2O4/c1-29-22-11-7-6-10-20(22)18-21(19-8-4-3-5-9-19)24(28)26-16-14-25(15-17-26)13-12-23(27)30-2/h3-11,18H,12-17H2,1-2H3/b21-18-. The normalized spacial score (nSPS) is 15.0. The Hall–Kier alpha value is -3.12. The second-order valence-electron chi connectivity index (χ2n) is 7.13. The Morgan fingerprint density at radius 1 is 0.933 bits per heavy atom. The van der Waals surface area contributed by atoms with Gasteiger partial charge >= 0.3 is 5.97 Å². The van der Waals surface area contributed by atoms with Gasteiger partial charge in [-0.15, -0.1) is 0 Å². The van der Waals surface area contributed by atoms with E-state index in [0.717, 1.165) is 30.0 Å². The van der Waals surface area contributed by atoms with Gasteiger partial charge in [-0.2, -0.15) is 0 Å². The minimum Gasteiger partial charge on any atom is -0.496 e. The molecule has 6 heteroatoms. The van der Waals surface area contributed by atoms with Crippen molar-refractivity contribution in [2.75, 3.05) is 46.9 Å². The van der Waals surface area contributed by atoms with Crippen LogP contribution in [0.25, 0.3) is 11.6 Å². The zero-order valence-corrected chi connectivity index (χ0v) is 17.5. The summed E-state index contributed by atoms with van der Waals surface area (Å²) >= 11 is 0. The highest BCUT2D eigenvalue weighted by atomic mass is 16.5. The van der Waals surface area contributed by atoms with Crippen molar-refractivity contribution in [3.63, 3.8) is 0 Å². The average Bonchev–Trinajstić information content (AvgIpc) is 2.81. The van der Waals surface area contributed by atoms with E-state index in [2.05, 4.69) is 4.90 Å². The minimum atomic E-state index is -0.209. The van der Waals surface area contributed by atoms with Crippen molar-refractivity contribution in [1.82, 2.24) is 9.80 Å². The van der Waals surface area contributed by atoms with Gasteiger partial charge in [0.15, 0.2) is 0 Å². The minimum absolute atomic E-state index is 0.000256. The van der Waals surface area contributed by atoms with Crippen LogP contribution in [-0.4, -0.2) is 68.6 Å². The molecule has 0 unspecified atom stereocenters. The number of nitrogens with zero attached hydrogens (tertiary/aromatic N) is 2. The van der Waals surface area contributed by atoms with Gasteiger partial charge in [0, 0.05) is 43.9 Å². The maximum absolute atomic E-state index is 13.4. The van der Waals surface area contributed by atoms with Crippen molar-refractivity contribution >= 4 is 23.5 Å². The molecule has 0 saturated carbocycles. The quantitative estimate of drug-likeness (QED) is 0.401. The van der Waals surface area contributed by atoms with Gasteiger partial charge in [0.25, 0.3) is 5.91 Å². The SMILES string of the molecule is COC(=O)CCN1CCN(C(=O)/C(=C\c2ccccc2OC)c2ccccc2)CC1. The molecule has 0 spiro atoms. The van der Waals surface area contributed by atoms with Crippen LogP contribution in [0.1, 0.15) is 17.5 Å². The summed E-state index contributed by atoms with van der Waals surface area (Å²) in [4.78, 5) is 28.9.